The molecule has 208 valence electrons. The van der Waals surface area contributed by atoms with E-state index in [1.807, 2.05) is 0 Å². The summed E-state index contributed by atoms with van der Waals surface area (Å²) in [6.45, 7) is 0. The van der Waals surface area contributed by atoms with Crippen LogP contribution in [0.15, 0.2) is 24.3 Å². The molecule has 2 N–H and O–H groups in total. The van der Waals surface area contributed by atoms with Gasteiger partial charge >= 0.3 is 77.2 Å². The molecule has 0 saturated heterocycles. The minimum atomic E-state index is -8.47. The Morgan fingerprint density at radius 2 is 1.16 bits per heavy atom. The van der Waals surface area contributed by atoms with E-state index < -0.39 is 53.3 Å². The number of nitrogens with zero attached hydrogens (tertiary/aromatic N) is 3. The Morgan fingerprint density at radius 3 is 1.58 bits per heavy atom. The van der Waals surface area contributed by atoms with Crippen molar-refractivity contribution in [2.75, 3.05) is 5.32 Å². The van der Waals surface area contributed by atoms with Gasteiger partial charge in [-0.25, -0.2) is 0 Å². The van der Waals surface area contributed by atoms with Gasteiger partial charge in [0.25, 0.3) is 0 Å². The summed E-state index contributed by atoms with van der Waals surface area (Å²) in [6.07, 6.45) is -7.78. The summed E-state index contributed by atoms with van der Waals surface area (Å²) < 4.78 is 198. The van der Waals surface area contributed by atoms with Gasteiger partial charge in [-0.2, -0.15) is 71.1 Å². The Kier molecular flexibility index (Phi) is 9.20. The number of hydrogen-bond acceptors (Lipinski definition) is 4. The van der Waals surface area contributed by atoms with Crippen LogP contribution in [0, 0.1) is 0 Å². The second kappa shape index (κ2) is 10.4. The molecule has 0 radical (unpaired) electrons. The van der Waals surface area contributed by atoms with Crippen LogP contribution < -0.4 is 34.9 Å². The van der Waals surface area contributed by atoms with E-state index in [1.165, 1.54) is 0 Å². The van der Waals surface area contributed by atoms with Crippen LogP contribution in [0.4, 0.5) is 71.5 Å². The number of aromatic nitrogens is 4. The summed E-state index contributed by atoms with van der Waals surface area (Å²) in [5.41, 5.74) is -0.614. The van der Waals surface area contributed by atoms with Crippen molar-refractivity contribution in [3.63, 3.8) is 0 Å². The first-order chi connectivity index (χ1) is 16.4. The molecule has 0 spiro atoms. The monoisotopic (exact) mass is 594 g/mol. The largest absolute Gasteiger partial charge is 1.00 e. The number of hydrogen-bond donors (Lipinski definition) is 2. The number of amides is 1. The number of aromatic amines is 1. The number of benzene rings is 1. The SMILES string of the molecule is O=C(Nc1ccc(Cc2nn[nH]n2)cc1)C(F)(F)C(F)(F)C(F)(F)C(F)(F)C(F)(F)C(F)(F)C(F)(F)F.[Na+]. The van der Waals surface area contributed by atoms with Crippen LogP contribution in [-0.2, 0) is 11.2 Å². The molecule has 1 amide bonds. The number of carbonyl (C=O) groups excluding carboxylic acids is 1. The normalized spacial score (nSPS) is 14.2. The average molecular weight is 594 g/mol. The molecule has 6 nitrogen and oxygen atoms in total. The molecule has 0 aliphatic heterocycles. The molecule has 0 atom stereocenters. The molecule has 1 heterocycles. The van der Waals surface area contributed by atoms with E-state index >= 15 is 0 Å². The van der Waals surface area contributed by atoms with Gasteiger partial charge in [-0.3, -0.25) is 4.79 Å². The molecule has 38 heavy (non-hydrogen) atoms. The fraction of sp³-hybridized carbons (Fsp3) is 0.500. The van der Waals surface area contributed by atoms with Crippen LogP contribution in [-0.4, -0.2) is 68.2 Å². The van der Waals surface area contributed by atoms with Gasteiger partial charge in [0.1, 0.15) is 0 Å². The Labute approximate surface area is 221 Å². The van der Waals surface area contributed by atoms with Gasteiger partial charge < -0.3 is 5.32 Å². The van der Waals surface area contributed by atoms with Crippen molar-refractivity contribution in [3.05, 3.63) is 35.7 Å². The summed E-state index contributed by atoms with van der Waals surface area (Å²) in [7, 11) is 0. The van der Waals surface area contributed by atoms with Gasteiger partial charge in [-0.05, 0) is 17.7 Å². The Bertz CT molecular complexity index is 1100. The van der Waals surface area contributed by atoms with Crippen molar-refractivity contribution >= 4 is 11.6 Å². The molecular weight excluding hydrogens is 586 g/mol. The number of H-pyrrole nitrogens is 1. The maximum Gasteiger partial charge on any atom is 1.00 e. The molecule has 0 aliphatic rings. The average Bonchev–Trinajstić information content (AvgIpc) is 3.26. The Morgan fingerprint density at radius 1 is 0.711 bits per heavy atom. The van der Waals surface area contributed by atoms with Gasteiger partial charge in [-0.15, -0.1) is 10.2 Å². The first-order valence-corrected chi connectivity index (χ1v) is 8.91. The van der Waals surface area contributed by atoms with E-state index in [-0.39, 0.29) is 47.4 Å². The number of halogens is 15. The van der Waals surface area contributed by atoms with E-state index in [9.17, 15) is 70.7 Å². The van der Waals surface area contributed by atoms with E-state index in [0.29, 0.717) is 12.1 Å². The predicted molar refractivity (Wildman–Crippen MR) is 87.8 cm³/mol. The first kappa shape index (κ1) is 33.7. The predicted octanol–water partition coefficient (Wildman–Crippen LogP) is 2.11. The minimum Gasteiger partial charge on any atom is -0.321 e. The van der Waals surface area contributed by atoms with E-state index in [2.05, 4.69) is 20.6 Å². The molecule has 0 aliphatic carbocycles. The minimum absolute atomic E-state index is 0. The topological polar surface area (TPSA) is 83.6 Å². The van der Waals surface area contributed by atoms with Gasteiger partial charge in [-0.1, -0.05) is 17.3 Å². The van der Waals surface area contributed by atoms with Crippen LogP contribution >= 0.6 is 0 Å². The third kappa shape index (κ3) is 5.27. The molecule has 1 aromatic heterocycles. The Balaban J connectivity index is 0.00000722. The summed E-state index contributed by atoms with van der Waals surface area (Å²) >= 11 is 0. The van der Waals surface area contributed by atoms with Crippen LogP contribution in [0.5, 0.6) is 0 Å². The zero-order valence-electron chi connectivity index (χ0n) is 17.9. The van der Waals surface area contributed by atoms with E-state index in [1.54, 1.807) is 0 Å². The number of carbonyl (C=O) groups is 1. The number of nitrogens with one attached hydrogen (secondary N) is 2. The molecule has 2 aromatic rings. The van der Waals surface area contributed by atoms with Crippen molar-refractivity contribution < 1.29 is 100 Å². The van der Waals surface area contributed by atoms with Crippen molar-refractivity contribution in [1.29, 1.82) is 0 Å². The Hall–Kier alpha value is -2.29. The van der Waals surface area contributed by atoms with Crippen LogP contribution in [0.1, 0.15) is 11.4 Å². The quantitative estimate of drug-likeness (QED) is 0.345. The van der Waals surface area contributed by atoms with Crippen molar-refractivity contribution in [3.8, 4) is 0 Å². The van der Waals surface area contributed by atoms with E-state index in [4.69, 9.17) is 0 Å². The third-order valence-corrected chi connectivity index (χ3v) is 4.58. The fourth-order valence-electron chi connectivity index (χ4n) is 2.46. The van der Waals surface area contributed by atoms with Gasteiger partial charge in [0.2, 0.25) is 0 Å². The standard InChI is InChI=1S/C16H8F15N5O.Na/c17-10(18,9(37)32-7-3-1-6(2-4-7)5-8-33-35-36-34-8)11(19,20)12(21,22)13(23,24)14(25,26)15(27,28)16(29,30)31;/h1-4H,5H2,(H,32,37)(H,33,34,35,36);/q;+1. The van der Waals surface area contributed by atoms with Crippen molar-refractivity contribution in [2.24, 2.45) is 0 Å². The van der Waals surface area contributed by atoms with Gasteiger partial charge in [0, 0.05) is 12.1 Å². The van der Waals surface area contributed by atoms with Crippen LogP contribution in [0.2, 0.25) is 0 Å². The molecule has 1 aromatic carbocycles. The number of rotatable bonds is 9. The zero-order valence-corrected chi connectivity index (χ0v) is 19.9. The summed E-state index contributed by atoms with van der Waals surface area (Å²) in [6, 6.07) is 3.38. The van der Waals surface area contributed by atoms with Crippen molar-refractivity contribution in [1.82, 2.24) is 20.6 Å². The third-order valence-electron chi connectivity index (χ3n) is 4.58. The molecule has 0 unspecified atom stereocenters. The number of tetrazole rings is 1. The summed E-state index contributed by atoms with van der Waals surface area (Å²) in [5.74, 6) is -51.7. The second-order valence-electron chi connectivity index (χ2n) is 7.10. The molecule has 22 heteroatoms. The molecule has 0 saturated carbocycles. The van der Waals surface area contributed by atoms with Crippen LogP contribution in [0.3, 0.4) is 0 Å². The second-order valence-corrected chi connectivity index (χ2v) is 7.10. The zero-order chi connectivity index (χ0) is 28.9. The smallest absolute Gasteiger partial charge is 0.321 e. The maximum absolute atomic E-state index is 13.9. The van der Waals surface area contributed by atoms with Crippen molar-refractivity contribution in [2.45, 2.75) is 48.1 Å². The molecule has 2 rings (SSSR count). The fourth-order valence-corrected chi connectivity index (χ4v) is 2.46. The number of alkyl halides is 15. The molecule has 0 fully saturated rings. The maximum atomic E-state index is 13.9. The van der Waals surface area contributed by atoms with Crippen LogP contribution in [0.25, 0.3) is 0 Å². The van der Waals surface area contributed by atoms with E-state index in [0.717, 1.165) is 17.4 Å². The molecular formula is C16H8F15N5NaO+. The first-order valence-electron chi connectivity index (χ1n) is 8.91. The summed E-state index contributed by atoms with van der Waals surface area (Å²) in [5, 5.41) is 13.2. The number of anilines is 1. The molecule has 0 bridgehead atoms. The summed E-state index contributed by atoms with van der Waals surface area (Å²) in [4.78, 5) is 11.5. The van der Waals surface area contributed by atoms with Gasteiger partial charge in [0.05, 0.1) is 0 Å². The van der Waals surface area contributed by atoms with Gasteiger partial charge in [0.15, 0.2) is 5.82 Å².